The zero-order chi connectivity index (χ0) is 19.1. The first-order valence-corrected chi connectivity index (χ1v) is 9.11. The van der Waals surface area contributed by atoms with Gasteiger partial charge in [-0.3, -0.25) is 9.59 Å². The summed E-state index contributed by atoms with van der Waals surface area (Å²) in [6.07, 6.45) is 0. The number of aryl methyl sites for hydroxylation is 1. The van der Waals surface area contributed by atoms with Crippen molar-refractivity contribution in [2.75, 3.05) is 17.7 Å². The van der Waals surface area contributed by atoms with E-state index in [9.17, 15) is 14.4 Å². The van der Waals surface area contributed by atoms with Gasteiger partial charge in [0.15, 0.2) is 6.61 Å². The van der Waals surface area contributed by atoms with E-state index >= 15 is 0 Å². The predicted octanol–water partition coefficient (Wildman–Crippen LogP) is 3.78. The molecule has 0 radical (unpaired) electrons. The lowest BCUT2D eigenvalue weighted by Gasteiger charge is -2.11. The monoisotopic (exact) mass is 371 g/mol. The van der Waals surface area contributed by atoms with Crippen molar-refractivity contribution in [3.63, 3.8) is 0 Å². The van der Waals surface area contributed by atoms with Crippen molar-refractivity contribution in [2.24, 2.45) is 0 Å². The van der Waals surface area contributed by atoms with Crippen molar-refractivity contribution < 1.29 is 19.1 Å². The van der Waals surface area contributed by atoms with Gasteiger partial charge in [-0.05, 0) is 50.1 Å². The maximum atomic E-state index is 12.3. The van der Waals surface area contributed by atoms with E-state index in [0.29, 0.717) is 16.1 Å². The summed E-state index contributed by atoms with van der Waals surface area (Å²) >= 11 is 1.27. The van der Waals surface area contributed by atoms with Gasteiger partial charge in [-0.15, -0.1) is 11.8 Å². The molecule has 136 valence electrons. The molecule has 2 rings (SSSR count). The zero-order valence-corrected chi connectivity index (χ0v) is 15.8. The molecule has 0 fully saturated rings. The van der Waals surface area contributed by atoms with Crippen LogP contribution in [0.5, 0.6) is 0 Å². The first-order valence-electron chi connectivity index (χ1n) is 8.13. The van der Waals surface area contributed by atoms with Gasteiger partial charge < -0.3 is 10.1 Å². The van der Waals surface area contributed by atoms with E-state index < -0.39 is 11.9 Å². The first-order chi connectivity index (χ1) is 12.4. The highest BCUT2D eigenvalue weighted by Crippen LogP contribution is 2.23. The van der Waals surface area contributed by atoms with Gasteiger partial charge >= 0.3 is 5.97 Å². The minimum atomic E-state index is -0.590. The molecule has 5 nitrogen and oxygen atoms in total. The number of hydrogen-bond donors (Lipinski definition) is 1. The number of benzene rings is 2. The summed E-state index contributed by atoms with van der Waals surface area (Å²) in [4.78, 5) is 36.2. The largest absolute Gasteiger partial charge is 0.452 e. The SMILES string of the molecule is CC(=O)CSc1ccccc1C(=O)OCC(=O)Nc1cccc(C)c1C. The number of rotatable bonds is 7. The van der Waals surface area contributed by atoms with Gasteiger partial charge in [0.25, 0.3) is 5.91 Å². The van der Waals surface area contributed by atoms with Crippen molar-refractivity contribution >= 4 is 35.1 Å². The Morgan fingerprint density at radius 2 is 1.77 bits per heavy atom. The van der Waals surface area contributed by atoms with E-state index in [1.54, 1.807) is 30.3 Å². The highest BCUT2D eigenvalue weighted by Gasteiger charge is 2.15. The van der Waals surface area contributed by atoms with Crippen LogP contribution >= 0.6 is 11.8 Å². The Morgan fingerprint density at radius 3 is 2.50 bits per heavy atom. The molecule has 0 aliphatic rings. The van der Waals surface area contributed by atoms with E-state index in [2.05, 4.69) is 5.32 Å². The van der Waals surface area contributed by atoms with Gasteiger partial charge in [0.2, 0.25) is 0 Å². The van der Waals surface area contributed by atoms with Crippen molar-refractivity contribution in [1.29, 1.82) is 0 Å². The maximum Gasteiger partial charge on any atom is 0.339 e. The molecule has 0 saturated carbocycles. The molecule has 1 N–H and O–H groups in total. The standard InChI is InChI=1S/C20H21NO4S/c1-13-7-6-9-17(15(13)3)21-19(23)11-25-20(24)16-8-4-5-10-18(16)26-12-14(2)22/h4-10H,11-12H2,1-3H3,(H,21,23). The summed E-state index contributed by atoms with van der Waals surface area (Å²) < 4.78 is 5.13. The molecule has 0 unspecified atom stereocenters. The fraction of sp³-hybridized carbons (Fsp3) is 0.250. The number of thioether (sulfide) groups is 1. The number of anilines is 1. The van der Waals surface area contributed by atoms with Crippen molar-refractivity contribution in [2.45, 2.75) is 25.7 Å². The van der Waals surface area contributed by atoms with Crippen LogP contribution in [0.2, 0.25) is 0 Å². The Morgan fingerprint density at radius 1 is 1.04 bits per heavy atom. The molecular weight excluding hydrogens is 350 g/mol. The van der Waals surface area contributed by atoms with Crippen LogP contribution in [0.25, 0.3) is 0 Å². The van der Waals surface area contributed by atoms with E-state index in [0.717, 1.165) is 11.1 Å². The highest BCUT2D eigenvalue weighted by atomic mass is 32.2. The summed E-state index contributed by atoms with van der Waals surface area (Å²) in [5.41, 5.74) is 3.08. The summed E-state index contributed by atoms with van der Waals surface area (Å²) in [6.45, 7) is 4.99. The molecule has 0 aliphatic heterocycles. The Labute approximate surface area is 157 Å². The Bertz CT molecular complexity index is 832. The third kappa shape index (κ3) is 5.46. The van der Waals surface area contributed by atoms with Crippen LogP contribution in [-0.2, 0) is 14.3 Å². The second-order valence-corrected chi connectivity index (χ2v) is 6.88. The number of hydrogen-bond acceptors (Lipinski definition) is 5. The van der Waals surface area contributed by atoms with Gasteiger partial charge in [-0.25, -0.2) is 4.79 Å². The van der Waals surface area contributed by atoms with Gasteiger partial charge in [-0.2, -0.15) is 0 Å². The van der Waals surface area contributed by atoms with Crippen molar-refractivity contribution in [1.82, 2.24) is 0 Å². The third-order valence-electron chi connectivity index (χ3n) is 3.75. The van der Waals surface area contributed by atoms with Gasteiger partial charge in [-0.1, -0.05) is 24.3 Å². The summed E-state index contributed by atoms with van der Waals surface area (Å²) in [5, 5.41) is 2.75. The second-order valence-electron chi connectivity index (χ2n) is 5.86. The van der Waals surface area contributed by atoms with Crippen LogP contribution < -0.4 is 5.32 Å². The van der Waals surface area contributed by atoms with E-state index in [1.165, 1.54) is 18.7 Å². The Kier molecular flexibility index (Phi) is 6.97. The molecule has 0 bridgehead atoms. The molecule has 0 aromatic heterocycles. The number of carbonyl (C=O) groups is 3. The quantitative estimate of drug-likeness (QED) is 0.592. The van der Waals surface area contributed by atoms with Crippen LogP contribution in [0.15, 0.2) is 47.4 Å². The molecule has 1 amide bonds. The van der Waals surface area contributed by atoms with Crippen molar-refractivity contribution in [3.05, 3.63) is 59.2 Å². The third-order valence-corrected chi connectivity index (χ3v) is 4.97. The molecule has 0 saturated heterocycles. The van der Waals surface area contributed by atoms with Gasteiger partial charge in [0.1, 0.15) is 5.78 Å². The van der Waals surface area contributed by atoms with E-state index in [4.69, 9.17) is 4.74 Å². The second kappa shape index (κ2) is 9.20. The van der Waals surface area contributed by atoms with Crippen molar-refractivity contribution in [3.8, 4) is 0 Å². The summed E-state index contributed by atoms with van der Waals surface area (Å²) in [5.74, 6) is -0.697. The Hall–Kier alpha value is -2.60. The number of amides is 1. The number of esters is 1. The minimum Gasteiger partial charge on any atom is -0.452 e. The van der Waals surface area contributed by atoms with Crippen LogP contribution in [0.3, 0.4) is 0 Å². The Balaban J connectivity index is 1.97. The fourth-order valence-corrected chi connectivity index (χ4v) is 3.06. The highest BCUT2D eigenvalue weighted by molar-refractivity contribution is 8.00. The molecule has 0 spiro atoms. The summed E-state index contributed by atoms with van der Waals surface area (Å²) in [6, 6.07) is 12.5. The molecule has 0 heterocycles. The molecule has 26 heavy (non-hydrogen) atoms. The molecule has 0 aliphatic carbocycles. The summed E-state index contributed by atoms with van der Waals surface area (Å²) in [7, 11) is 0. The smallest absolute Gasteiger partial charge is 0.339 e. The van der Waals surface area contributed by atoms with E-state index in [1.807, 2.05) is 26.0 Å². The number of nitrogens with one attached hydrogen (secondary N) is 1. The normalized spacial score (nSPS) is 10.3. The van der Waals surface area contributed by atoms with Crippen LogP contribution in [0, 0.1) is 13.8 Å². The minimum absolute atomic E-state index is 0.0195. The number of ketones is 1. The maximum absolute atomic E-state index is 12.3. The average molecular weight is 371 g/mol. The zero-order valence-electron chi connectivity index (χ0n) is 15.0. The fourth-order valence-electron chi connectivity index (χ4n) is 2.22. The molecular formula is C20H21NO4S. The van der Waals surface area contributed by atoms with Gasteiger partial charge in [0, 0.05) is 10.6 Å². The lowest BCUT2D eigenvalue weighted by atomic mass is 10.1. The van der Waals surface area contributed by atoms with E-state index in [-0.39, 0.29) is 18.1 Å². The lowest BCUT2D eigenvalue weighted by Crippen LogP contribution is -2.21. The lowest BCUT2D eigenvalue weighted by molar-refractivity contribution is -0.119. The number of ether oxygens (including phenoxy) is 1. The topological polar surface area (TPSA) is 72.5 Å². The molecule has 0 atom stereocenters. The number of carbonyl (C=O) groups excluding carboxylic acids is 3. The number of Topliss-reactive ketones (excluding diaryl/α,β-unsaturated/α-hetero) is 1. The molecule has 2 aromatic carbocycles. The van der Waals surface area contributed by atoms with Gasteiger partial charge in [0.05, 0.1) is 11.3 Å². The van der Waals surface area contributed by atoms with Crippen LogP contribution in [-0.4, -0.2) is 30.0 Å². The first kappa shape index (κ1) is 19.7. The predicted molar refractivity (Wildman–Crippen MR) is 103 cm³/mol. The van der Waals surface area contributed by atoms with Crippen LogP contribution in [0.1, 0.15) is 28.4 Å². The van der Waals surface area contributed by atoms with Crippen LogP contribution in [0.4, 0.5) is 5.69 Å². The molecule has 6 heteroatoms. The average Bonchev–Trinajstić information content (AvgIpc) is 2.62. The molecule has 2 aromatic rings.